The Morgan fingerprint density at radius 3 is 2.86 bits per heavy atom. The first-order chi connectivity index (χ1) is 10.4. The molecule has 0 aliphatic carbocycles. The molecule has 0 bridgehead atoms. The lowest BCUT2D eigenvalue weighted by Crippen LogP contribution is -2.34. The molecule has 0 amide bonds. The van der Waals surface area contributed by atoms with Crippen molar-refractivity contribution >= 4 is 46.5 Å². The molecule has 2 aromatic rings. The SMILES string of the molecule is CC(C)=CCN1Cc2cc(Cl)c(Cl)c3[nH]c(=S)n(c23)CC1C. The molecule has 1 N–H and O–H groups in total. The molecule has 22 heavy (non-hydrogen) atoms. The van der Waals surface area contributed by atoms with E-state index in [2.05, 4.69) is 41.3 Å². The van der Waals surface area contributed by atoms with Crippen LogP contribution < -0.4 is 0 Å². The zero-order chi connectivity index (χ0) is 16.0. The fourth-order valence-corrected chi connectivity index (χ4v) is 3.65. The lowest BCUT2D eigenvalue weighted by Gasteiger charge is -2.26. The number of benzene rings is 1. The molecule has 118 valence electrons. The van der Waals surface area contributed by atoms with E-state index in [9.17, 15) is 0 Å². The summed E-state index contributed by atoms with van der Waals surface area (Å²) in [7, 11) is 0. The Morgan fingerprint density at radius 1 is 1.45 bits per heavy atom. The Bertz CT molecular complexity index is 815. The maximum absolute atomic E-state index is 6.35. The molecule has 1 aliphatic heterocycles. The predicted molar refractivity (Wildman–Crippen MR) is 96.4 cm³/mol. The van der Waals surface area contributed by atoms with E-state index in [1.807, 2.05) is 6.07 Å². The van der Waals surface area contributed by atoms with E-state index < -0.39 is 0 Å². The first-order valence-electron chi connectivity index (χ1n) is 7.35. The Kier molecular flexibility index (Phi) is 4.38. The maximum atomic E-state index is 6.35. The number of H-pyrrole nitrogens is 1. The van der Waals surface area contributed by atoms with Gasteiger partial charge in [0.2, 0.25) is 0 Å². The monoisotopic (exact) mass is 355 g/mol. The number of aromatic nitrogens is 2. The standard InChI is InChI=1S/C16H19Cl2N3S/c1-9(2)4-5-20-8-11-6-12(17)13(18)14-15(11)21(7-10(20)3)16(22)19-14/h4,6,10H,5,7-8H2,1-3H3,(H,19,22). The highest BCUT2D eigenvalue weighted by Gasteiger charge is 2.24. The molecule has 1 aliphatic rings. The zero-order valence-corrected chi connectivity index (χ0v) is 15.2. The Labute approximate surface area is 145 Å². The fraction of sp³-hybridized carbons (Fsp3) is 0.438. The Hall–Kier alpha value is -0.810. The molecular weight excluding hydrogens is 337 g/mol. The largest absolute Gasteiger partial charge is 0.329 e. The van der Waals surface area contributed by atoms with Gasteiger partial charge in [-0.15, -0.1) is 0 Å². The van der Waals surface area contributed by atoms with Crippen molar-refractivity contribution in [1.82, 2.24) is 14.5 Å². The summed E-state index contributed by atoms with van der Waals surface area (Å²) in [5, 5.41) is 1.12. The van der Waals surface area contributed by atoms with Gasteiger partial charge >= 0.3 is 0 Å². The first-order valence-corrected chi connectivity index (χ1v) is 8.51. The summed E-state index contributed by atoms with van der Waals surface area (Å²) in [5.41, 5.74) is 4.44. The molecule has 0 fully saturated rings. The van der Waals surface area contributed by atoms with Crippen molar-refractivity contribution in [3.63, 3.8) is 0 Å². The summed E-state index contributed by atoms with van der Waals surface area (Å²) in [6.07, 6.45) is 2.26. The first kappa shape index (κ1) is 16.1. The number of aromatic amines is 1. The number of imidazole rings is 1. The van der Waals surface area contributed by atoms with E-state index in [0.29, 0.717) is 20.9 Å². The zero-order valence-electron chi connectivity index (χ0n) is 12.9. The van der Waals surface area contributed by atoms with Gasteiger partial charge in [-0.05, 0) is 44.6 Å². The molecule has 3 nitrogen and oxygen atoms in total. The summed E-state index contributed by atoms with van der Waals surface area (Å²) in [6, 6.07) is 2.35. The van der Waals surface area contributed by atoms with Gasteiger partial charge in [-0.1, -0.05) is 34.9 Å². The van der Waals surface area contributed by atoms with E-state index in [1.54, 1.807) is 0 Å². The highest BCUT2D eigenvalue weighted by atomic mass is 35.5. The van der Waals surface area contributed by atoms with Gasteiger partial charge in [0.25, 0.3) is 0 Å². The number of hydrogen-bond acceptors (Lipinski definition) is 2. The number of hydrogen-bond donors (Lipinski definition) is 1. The topological polar surface area (TPSA) is 24.0 Å². The van der Waals surface area contributed by atoms with Gasteiger partial charge in [0.1, 0.15) is 0 Å². The molecular formula is C16H19Cl2N3S. The predicted octanol–water partition coefficient (Wildman–Crippen LogP) is 5.18. The number of nitrogens with zero attached hydrogens (tertiary/aromatic N) is 2. The van der Waals surface area contributed by atoms with Crippen LogP contribution in [0.25, 0.3) is 11.0 Å². The van der Waals surface area contributed by atoms with Crippen LogP contribution in [0.2, 0.25) is 10.0 Å². The number of halogens is 2. The maximum Gasteiger partial charge on any atom is 0.178 e. The van der Waals surface area contributed by atoms with Crippen LogP contribution in [0.15, 0.2) is 17.7 Å². The Morgan fingerprint density at radius 2 is 2.18 bits per heavy atom. The number of allylic oxidation sites excluding steroid dienone is 1. The molecule has 1 unspecified atom stereocenters. The summed E-state index contributed by atoms with van der Waals surface area (Å²) in [4.78, 5) is 5.65. The van der Waals surface area contributed by atoms with E-state index in [-0.39, 0.29) is 0 Å². The second-order valence-corrected chi connectivity index (χ2v) is 7.33. The average molecular weight is 356 g/mol. The summed E-state index contributed by atoms with van der Waals surface area (Å²) >= 11 is 18.1. The third-order valence-electron chi connectivity index (χ3n) is 4.20. The normalized spacial score (nSPS) is 18.5. The van der Waals surface area contributed by atoms with Crippen molar-refractivity contribution in [2.24, 2.45) is 0 Å². The Balaban J connectivity index is 2.15. The van der Waals surface area contributed by atoms with E-state index in [0.717, 1.165) is 30.7 Å². The summed E-state index contributed by atoms with van der Waals surface area (Å²) < 4.78 is 2.85. The van der Waals surface area contributed by atoms with Crippen molar-refractivity contribution in [3.8, 4) is 0 Å². The molecule has 0 spiro atoms. The lowest BCUT2D eigenvalue weighted by atomic mass is 10.1. The molecule has 0 saturated heterocycles. The molecule has 2 heterocycles. The van der Waals surface area contributed by atoms with E-state index in [1.165, 1.54) is 11.1 Å². The smallest absolute Gasteiger partial charge is 0.178 e. The molecule has 0 radical (unpaired) electrons. The highest BCUT2D eigenvalue weighted by molar-refractivity contribution is 7.71. The van der Waals surface area contributed by atoms with Gasteiger partial charge in [-0.3, -0.25) is 4.90 Å². The minimum Gasteiger partial charge on any atom is -0.329 e. The van der Waals surface area contributed by atoms with Crippen LogP contribution in [-0.4, -0.2) is 27.0 Å². The van der Waals surface area contributed by atoms with Crippen molar-refractivity contribution in [2.45, 2.75) is 39.9 Å². The van der Waals surface area contributed by atoms with Gasteiger partial charge in [0, 0.05) is 25.7 Å². The van der Waals surface area contributed by atoms with Crippen LogP contribution in [0, 0.1) is 4.77 Å². The van der Waals surface area contributed by atoms with Crippen LogP contribution in [-0.2, 0) is 13.1 Å². The lowest BCUT2D eigenvalue weighted by molar-refractivity contribution is 0.210. The second-order valence-electron chi connectivity index (χ2n) is 6.16. The van der Waals surface area contributed by atoms with E-state index in [4.69, 9.17) is 35.4 Å². The number of rotatable bonds is 2. The van der Waals surface area contributed by atoms with Crippen LogP contribution in [0.5, 0.6) is 0 Å². The summed E-state index contributed by atoms with van der Waals surface area (Å²) in [6.45, 7) is 9.09. The van der Waals surface area contributed by atoms with Crippen molar-refractivity contribution in [3.05, 3.63) is 38.1 Å². The fourth-order valence-electron chi connectivity index (χ4n) is 2.96. The van der Waals surface area contributed by atoms with Crippen molar-refractivity contribution in [2.75, 3.05) is 6.54 Å². The van der Waals surface area contributed by atoms with Gasteiger partial charge < -0.3 is 9.55 Å². The van der Waals surface area contributed by atoms with Crippen molar-refractivity contribution in [1.29, 1.82) is 0 Å². The third-order valence-corrected chi connectivity index (χ3v) is 5.31. The average Bonchev–Trinajstić information content (AvgIpc) is 2.69. The third kappa shape index (κ3) is 2.73. The van der Waals surface area contributed by atoms with Crippen LogP contribution in [0.3, 0.4) is 0 Å². The van der Waals surface area contributed by atoms with Gasteiger partial charge in [0.15, 0.2) is 4.77 Å². The van der Waals surface area contributed by atoms with Gasteiger partial charge in [-0.25, -0.2) is 0 Å². The van der Waals surface area contributed by atoms with Crippen LogP contribution in [0.1, 0.15) is 26.3 Å². The highest BCUT2D eigenvalue weighted by Crippen LogP contribution is 2.35. The molecule has 6 heteroatoms. The minimum absolute atomic E-state index is 0.381. The second kappa shape index (κ2) is 6.00. The summed E-state index contributed by atoms with van der Waals surface area (Å²) in [5.74, 6) is 0. The molecule has 3 rings (SSSR count). The van der Waals surface area contributed by atoms with Gasteiger partial charge in [-0.2, -0.15) is 0 Å². The van der Waals surface area contributed by atoms with Crippen LogP contribution in [0.4, 0.5) is 0 Å². The minimum atomic E-state index is 0.381. The van der Waals surface area contributed by atoms with E-state index >= 15 is 0 Å². The number of nitrogens with one attached hydrogen (secondary N) is 1. The molecule has 0 saturated carbocycles. The quantitative estimate of drug-likeness (QED) is 0.592. The van der Waals surface area contributed by atoms with Crippen LogP contribution >= 0.6 is 35.4 Å². The molecule has 1 aromatic carbocycles. The molecule has 1 aromatic heterocycles. The molecule has 1 atom stereocenters. The van der Waals surface area contributed by atoms with Gasteiger partial charge in [0.05, 0.1) is 21.1 Å². The van der Waals surface area contributed by atoms with Crippen molar-refractivity contribution < 1.29 is 0 Å².